The lowest BCUT2D eigenvalue weighted by molar-refractivity contribution is 0.631. The molecule has 5 rings (SSSR count). The standard InChI is InChI=1S/C23H17FN6/c24-17-13-15(8-9-18(17)25)30-22(16-7-4-12-27-21(16)26)29-20-11-10-19(28-23(20)30)14-5-2-1-3-6-14/h1-13H,25H2,(H2,26,27). The van der Waals surface area contributed by atoms with Gasteiger partial charge in [0.25, 0.3) is 0 Å². The number of nitrogens with two attached hydrogens (primary N) is 2. The first-order valence-corrected chi connectivity index (χ1v) is 9.33. The third kappa shape index (κ3) is 2.93. The Hall–Kier alpha value is -4.26. The van der Waals surface area contributed by atoms with Gasteiger partial charge in [-0.05, 0) is 36.4 Å². The van der Waals surface area contributed by atoms with Crippen LogP contribution in [0.5, 0.6) is 0 Å². The van der Waals surface area contributed by atoms with Crippen molar-refractivity contribution in [2.45, 2.75) is 0 Å². The van der Waals surface area contributed by atoms with Gasteiger partial charge >= 0.3 is 0 Å². The highest BCUT2D eigenvalue weighted by Gasteiger charge is 2.19. The van der Waals surface area contributed by atoms with Crippen LogP contribution in [0.25, 0.3) is 39.5 Å². The molecular formula is C23H17FN6. The molecule has 0 aliphatic carbocycles. The van der Waals surface area contributed by atoms with E-state index in [-0.39, 0.29) is 5.69 Å². The summed E-state index contributed by atoms with van der Waals surface area (Å²) in [6, 6.07) is 21.9. The minimum atomic E-state index is -0.515. The molecule has 0 bridgehead atoms. The van der Waals surface area contributed by atoms with Crippen LogP contribution in [0.1, 0.15) is 0 Å². The van der Waals surface area contributed by atoms with E-state index in [1.165, 1.54) is 12.1 Å². The van der Waals surface area contributed by atoms with E-state index in [4.69, 9.17) is 21.4 Å². The molecule has 0 saturated heterocycles. The topological polar surface area (TPSA) is 95.6 Å². The fourth-order valence-electron chi connectivity index (χ4n) is 3.41. The first kappa shape index (κ1) is 17.8. The largest absolute Gasteiger partial charge is 0.396 e. The Kier molecular flexibility index (Phi) is 4.14. The minimum Gasteiger partial charge on any atom is -0.396 e. The Bertz CT molecular complexity index is 1380. The van der Waals surface area contributed by atoms with E-state index in [2.05, 4.69) is 4.98 Å². The lowest BCUT2D eigenvalue weighted by atomic mass is 10.1. The van der Waals surface area contributed by atoms with Gasteiger partial charge in [0.1, 0.15) is 17.2 Å². The second-order valence-electron chi connectivity index (χ2n) is 6.82. The van der Waals surface area contributed by atoms with Gasteiger partial charge < -0.3 is 11.5 Å². The SMILES string of the molecule is Nc1ccc(-n2c(-c3cccnc3N)nc3ccc(-c4ccccc4)nc32)cc1F. The van der Waals surface area contributed by atoms with Gasteiger partial charge in [-0.2, -0.15) is 0 Å². The van der Waals surface area contributed by atoms with Crippen LogP contribution in [0.15, 0.2) is 79.0 Å². The molecule has 6 nitrogen and oxygen atoms in total. The molecule has 5 aromatic rings. The number of benzene rings is 2. The van der Waals surface area contributed by atoms with E-state index < -0.39 is 5.82 Å². The second kappa shape index (κ2) is 6.97. The molecule has 30 heavy (non-hydrogen) atoms. The van der Waals surface area contributed by atoms with Crippen LogP contribution in [-0.2, 0) is 0 Å². The molecule has 2 aromatic carbocycles. The fourth-order valence-corrected chi connectivity index (χ4v) is 3.41. The molecule has 146 valence electrons. The summed E-state index contributed by atoms with van der Waals surface area (Å²) in [5.41, 5.74) is 16.0. The molecule has 0 unspecified atom stereocenters. The minimum absolute atomic E-state index is 0.0727. The quantitative estimate of drug-likeness (QED) is 0.439. The average molecular weight is 396 g/mol. The number of anilines is 2. The van der Waals surface area contributed by atoms with E-state index in [1.54, 1.807) is 22.9 Å². The van der Waals surface area contributed by atoms with E-state index in [0.29, 0.717) is 34.1 Å². The lowest BCUT2D eigenvalue weighted by Gasteiger charge is -2.11. The van der Waals surface area contributed by atoms with Crippen molar-refractivity contribution in [2.24, 2.45) is 0 Å². The molecule has 0 radical (unpaired) electrons. The van der Waals surface area contributed by atoms with E-state index >= 15 is 0 Å². The summed E-state index contributed by atoms with van der Waals surface area (Å²) in [6.07, 6.45) is 1.61. The second-order valence-corrected chi connectivity index (χ2v) is 6.82. The summed E-state index contributed by atoms with van der Waals surface area (Å²) < 4.78 is 16.1. The smallest absolute Gasteiger partial charge is 0.165 e. The summed E-state index contributed by atoms with van der Waals surface area (Å²) in [7, 11) is 0. The highest BCUT2D eigenvalue weighted by Crippen LogP contribution is 2.32. The summed E-state index contributed by atoms with van der Waals surface area (Å²) in [6.45, 7) is 0. The van der Waals surface area contributed by atoms with Crippen molar-refractivity contribution in [2.75, 3.05) is 11.5 Å². The Morgan fingerprint density at radius 3 is 2.43 bits per heavy atom. The molecule has 0 aliphatic heterocycles. The van der Waals surface area contributed by atoms with Crippen LogP contribution in [0.2, 0.25) is 0 Å². The Labute approximate surface area is 171 Å². The first-order valence-electron chi connectivity index (χ1n) is 9.33. The molecule has 0 atom stereocenters. The number of hydrogen-bond acceptors (Lipinski definition) is 5. The fraction of sp³-hybridized carbons (Fsp3) is 0. The Morgan fingerprint density at radius 2 is 1.67 bits per heavy atom. The van der Waals surface area contributed by atoms with Crippen molar-refractivity contribution in [3.8, 4) is 28.3 Å². The molecule has 0 aliphatic rings. The van der Waals surface area contributed by atoms with E-state index in [9.17, 15) is 4.39 Å². The maximum Gasteiger partial charge on any atom is 0.165 e. The molecule has 0 amide bonds. The van der Waals surface area contributed by atoms with Crippen LogP contribution in [0.3, 0.4) is 0 Å². The van der Waals surface area contributed by atoms with Gasteiger partial charge in [0.2, 0.25) is 0 Å². The van der Waals surface area contributed by atoms with Gasteiger partial charge in [-0.3, -0.25) is 4.57 Å². The number of halogens is 1. The number of imidazole rings is 1. The molecule has 0 spiro atoms. The maximum absolute atomic E-state index is 14.3. The van der Waals surface area contributed by atoms with Crippen molar-refractivity contribution in [1.82, 2.24) is 19.5 Å². The Balaban J connectivity index is 1.83. The lowest BCUT2D eigenvalue weighted by Crippen LogP contribution is -2.03. The van der Waals surface area contributed by atoms with E-state index in [1.807, 2.05) is 48.5 Å². The zero-order valence-corrected chi connectivity index (χ0v) is 15.8. The van der Waals surface area contributed by atoms with Crippen molar-refractivity contribution in [3.05, 3.63) is 84.8 Å². The van der Waals surface area contributed by atoms with Gasteiger partial charge in [-0.25, -0.2) is 19.3 Å². The molecular weight excluding hydrogens is 379 g/mol. The van der Waals surface area contributed by atoms with E-state index in [0.717, 1.165) is 11.3 Å². The normalized spacial score (nSPS) is 11.1. The molecule has 7 heteroatoms. The van der Waals surface area contributed by atoms with Crippen molar-refractivity contribution >= 4 is 22.7 Å². The first-order chi connectivity index (χ1) is 14.6. The summed E-state index contributed by atoms with van der Waals surface area (Å²) in [5.74, 6) is 0.337. The van der Waals surface area contributed by atoms with Crippen LogP contribution in [0, 0.1) is 5.82 Å². The predicted octanol–water partition coefficient (Wildman–Crippen LogP) is 4.45. The van der Waals surface area contributed by atoms with Crippen LogP contribution >= 0.6 is 0 Å². The molecule has 4 N–H and O–H groups in total. The van der Waals surface area contributed by atoms with Gasteiger partial charge in [-0.1, -0.05) is 30.3 Å². The van der Waals surface area contributed by atoms with Gasteiger partial charge in [0, 0.05) is 17.8 Å². The summed E-state index contributed by atoms with van der Waals surface area (Å²) in [4.78, 5) is 13.7. The third-order valence-corrected chi connectivity index (χ3v) is 4.90. The van der Waals surface area contributed by atoms with Gasteiger partial charge in [0.15, 0.2) is 11.5 Å². The number of pyridine rings is 2. The van der Waals surface area contributed by atoms with Crippen molar-refractivity contribution in [1.29, 1.82) is 0 Å². The third-order valence-electron chi connectivity index (χ3n) is 4.90. The number of nitrogen functional groups attached to an aromatic ring is 2. The number of rotatable bonds is 3. The highest BCUT2D eigenvalue weighted by atomic mass is 19.1. The molecule has 0 fully saturated rings. The van der Waals surface area contributed by atoms with Crippen molar-refractivity contribution in [3.63, 3.8) is 0 Å². The highest BCUT2D eigenvalue weighted by molar-refractivity contribution is 5.84. The van der Waals surface area contributed by atoms with Crippen molar-refractivity contribution < 1.29 is 4.39 Å². The molecule has 0 saturated carbocycles. The number of hydrogen-bond donors (Lipinski definition) is 2. The molecule has 3 heterocycles. The van der Waals surface area contributed by atoms with Crippen LogP contribution < -0.4 is 11.5 Å². The monoisotopic (exact) mass is 396 g/mol. The number of nitrogens with zero attached hydrogens (tertiary/aromatic N) is 4. The molecule has 3 aromatic heterocycles. The average Bonchev–Trinajstić information content (AvgIpc) is 3.15. The predicted molar refractivity (Wildman–Crippen MR) is 116 cm³/mol. The summed E-state index contributed by atoms with van der Waals surface area (Å²) in [5, 5.41) is 0. The zero-order chi connectivity index (χ0) is 20.7. The van der Waals surface area contributed by atoms with Crippen LogP contribution in [-0.4, -0.2) is 19.5 Å². The zero-order valence-electron chi connectivity index (χ0n) is 15.8. The van der Waals surface area contributed by atoms with Gasteiger partial charge in [-0.15, -0.1) is 0 Å². The summed E-state index contributed by atoms with van der Waals surface area (Å²) >= 11 is 0. The Morgan fingerprint density at radius 1 is 0.833 bits per heavy atom. The van der Waals surface area contributed by atoms with Crippen LogP contribution in [0.4, 0.5) is 15.9 Å². The number of aromatic nitrogens is 4. The number of fused-ring (bicyclic) bond motifs is 1. The van der Waals surface area contributed by atoms with Gasteiger partial charge in [0.05, 0.1) is 22.6 Å². The maximum atomic E-state index is 14.3.